The molecule has 40 heavy (non-hydrogen) atoms. The van der Waals surface area contributed by atoms with Crippen LogP contribution in [0.3, 0.4) is 0 Å². The van der Waals surface area contributed by atoms with Gasteiger partial charge in [0.2, 0.25) is 11.8 Å². The van der Waals surface area contributed by atoms with Crippen molar-refractivity contribution in [2.45, 2.75) is 25.0 Å². The molecule has 0 aromatic heterocycles. The highest BCUT2D eigenvalue weighted by Gasteiger charge is 2.36. The van der Waals surface area contributed by atoms with E-state index < -0.39 is 23.1 Å². The van der Waals surface area contributed by atoms with Crippen LogP contribution in [-0.2, 0) is 20.7 Å². The summed E-state index contributed by atoms with van der Waals surface area (Å²) in [5.74, 6) is -2.27. The molecular formula is C29H26ClN3O6S. The number of carbonyl (C=O) groups is 4. The molecule has 1 fully saturated rings. The van der Waals surface area contributed by atoms with Gasteiger partial charge in [0.25, 0.3) is 0 Å². The van der Waals surface area contributed by atoms with E-state index in [1.165, 1.54) is 18.2 Å². The molecule has 0 spiro atoms. The summed E-state index contributed by atoms with van der Waals surface area (Å²) < 4.78 is 5.02. The number of ether oxygens (including phenoxy) is 1. The molecule has 0 aliphatic carbocycles. The van der Waals surface area contributed by atoms with Crippen LogP contribution in [0.25, 0.3) is 0 Å². The fraction of sp³-hybridized carbons (Fsp3) is 0.207. The number of aliphatic imine (C=N–C) groups is 1. The van der Waals surface area contributed by atoms with Gasteiger partial charge in [0, 0.05) is 23.7 Å². The zero-order chi connectivity index (χ0) is 28.6. The Hall–Kier alpha value is -4.15. The summed E-state index contributed by atoms with van der Waals surface area (Å²) in [5, 5.41) is 12.1. The molecular weight excluding hydrogens is 554 g/mol. The third kappa shape index (κ3) is 7.49. The minimum Gasteiger partial charge on any atom is -0.478 e. The molecule has 1 aliphatic heterocycles. The zero-order valence-corrected chi connectivity index (χ0v) is 23.1. The number of aromatic carboxylic acids is 1. The number of carbonyl (C=O) groups excluding carboxylic acids is 3. The second kappa shape index (κ2) is 13.3. The maximum atomic E-state index is 13.3. The Morgan fingerprint density at radius 1 is 1.07 bits per heavy atom. The van der Waals surface area contributed by atoms with Gasteiger partial charge in [0.05, 0.1) is 23.4 Å². The first-order valence-electron chi connectivity index (χ1n) is 12.4. The van der Waals surface area contributed by atoms with E-state index in [1.807, 2.05) is 12.1 Å². The Kier molecular flexibility index (Phi) is 9.57. The lowest BCUT2D eigenvalue weighted by molar-refractivity contribution is -0.129. The van der Waals surface area contributed by atoms with Crippen LogP contribution in [0.5, 0.6) is 0 Å². The summed E-state index contributed by atoms with van der Waals surface area (Å²) in [7, 11) is 0. The number of carboxylic acids is 1. The van der Waals surface area contributed by atoms with Gasteiger partial charge < -0.3 is 15.2 Å². The van der Waals surface area contributed by atoms with Crippen LogP contribution in [0, 0.1) is 0 Å². The predicted octanol–water partition coefficient (Wildman–Crippen LogP) is 5.42. The summed E-state index contributed by atoms with van der Waals surface area (Å²) in [5.41, 5.74) is 2.20. The lowest BCUT2D eigenvalue weighted by Gasteiger charge is -2.32. The van der Waals surface area contributed by atoms with Gasteiger partial charge in [-0.2, -0.15) is 0 Å². The molecule has 206 valence electrons. The molecule has 0 bridgehead atoms. The van der Waals surface area contributed by atoms with Crippen molar-refractivity contribution >= 4 is 63.7 Å². The number of halogens is 1. The molecule has 1 atom stereocenters. The molecule has 2 amide bonds. The maximum Gasteiger partial charge on any atom is 0.338 e. The molecule has 0 saturated carbocycles. The Bertz CT molecular complexity index is 1440. The number of nitrogens with zero attached hydrogens (tertiary/aromatic N) is 2. The Balaban J connectivity index is 1.56. The van der Waals surface area contributed by atoms with Gasteiger partial charge in [-0.05, 0) is 73.5 Å². The van der Waals surface area contributed by atoms with Gasteiger partial charge in [-0.15, -0.1) is 0 Å². The minimum absolute atomic E-state index is 0.0343. The molecule has 1 aliphatic rings. The number of thioether (sulfide) groups is 1. The van der Waals surface area contributed by atoms with E-state index in [9.17, 15) is 24.3 Å². The van der Waals surface area contributed by atoms with Gasteiger partial charge in [-0.25, -0.2) is 14.6 Å². The van der Waals surface area contributed by atoms with Gasteiger partial charge in [0.15, 0.2) is 5.17 Å². The molecule has 11 heteroatoms. The fourth-order valence-electron chi connectivity index (χ4n) is 3.90. The summed E-state index contributed by atoms with van der Waals surface area (Å²) in [6, 6.07) is 19.7. The molecule has 3 aromatic carbocycles. The van der Waals surface area contributed by atoms with Gasteiger partial charge in [-0.3, -0.25) is 14.5 Å². The third-order valence-corrected chi connectivity index (χ3v) is 7.39. The number of amides is 2. The largest absolute Gasteiger partial charge is 0.478 e. The van der Waals surface area contributed by atoms with Crippen LogP contribution < -0.4 is 5.32 Å². The molecule has 1 unspecified atom stereocenters. The predicted molar refractivity (Wildman–Crippen MR) is 154 cm³/mol. The number of hydrogen-bond donors (Lipinski definition) is 2. The van der Waals surface area contributed by atoms with Crippen molar-refractivity contribution in [3.05, 3.63) is 94.5 Å². The van der Waals surface area contributed by atoms with Crippen molar-refractivity contribution in [3.63, 3.8) is 0 Å². The smallest absolute Gasteiger partial charge is 0.338 e. The van der Waals surface area contributed by atoms with Gasteiger partial charge in [0.1, 0.15) is 5.25 Å². The molecule has 4 rings (SSSR count). The van der Waals surface area contributed by atoms with Crippen molar-refractivity contribution in [1.29, 1.82) is 0 Å². The standard InChI is InChI=1S/C29H26ClN3O6S/c1-2-39-28(38)19-8-12-22(13-9-19)32-29-33(15-14-18-6-10-21(30)11-7-18)25(34)17-24(40-29)26(35)31-23-5-3-4-20(16-23)27(36)37/h3-13,16,24H,2,14-15,17H2,1H3,(H,31,35)(H,36,37). The quantitative estimate of drug-likeness (QED) is 0.324. The van der Waals surface area contributed by atoms with E-state index in [2.05, 4.69) is 10.3 Å². The van der Waals surface area contributed by atoms with Crippen molar-refractivity contribution in [1.82, 2.24) is 4.90 Å². The van der Waals surface area contributed by atoms with Crippen LogP contribution in [0.1, 0.15) is 39.6 Å². The van der Waals surface area contributed by atoms with Crippen molar-refractivity contribution in [3.8, 4) is 0 Å². The molecule has 9 nitrogen and oxygen atoms in total. The second-order valence-corrected chi connectivity index (χ2v) is 10.4. The van der Waals surface area contributed by atoms with Crippen molar-refractivity contribution in [2.24, 2.45) is 4.99 Å². The highest BCUT2D eigenvalue weighted by molar-refractivity contribution is 8.15. The van der Waals surface area contributed by atoms with Crippen LogP contribution in [0.2, 0.25) is 5.02 Å². The number of anilines is 1. The monoisotopic (exact) mass is 579 g/mol. The lowest BCUT2D eigenvalue weighted by Crippen LogP contribution is -2.46. The molecule has 1 saturated heterocycles. The van der Waals surface area contributed by atoms with E-state index in [4.69, 9.17) is 16.3 Å². The van der Waals surface area contributed by atoms with E-state index in [0.29, 0.717) is 40.1 Å². The highest BCUT2D eigenvalue weighted by atomic mass is 35.5. The summed E-state index contributed by atoms with van der Waals surface area (Å²) >= 11 is 7.14. The summed E-state index contributed by atoms with van der Waals surface area (Å²) in [6.07, 6.45) is 0.486. The van der Waals surface area contributed by atoms with Crippen LogP contribution in [0.4, 0.5) is 11.4 Å². The Labute approximate surface area is 240 Å². The molecule has 2 N–H and O–H groups in total. The minimum atomic E-state index is -1.11. The van der Waals surface area contributed by atoms with Gasteiger partial charge >= 0.3 is 11.9 Å². The van der Waals surface area contributed by atoms with Crippen LogP contribution in [-0.4, -0.2) is 57.3 Å². The first kappa shape index (κ1) is 28.8. The molecule has 3 aromatic rings. The summed E-state index contributed by atoms with van der Waals surface area (Å²) in [4.78, 5) is 55.9. The lowest BCUT2D eigenvalue weighted by atomic mass is 10.1. The summed E-state index contributed by atoms with van der Waals surface area (Å²) in [6.45, 7) is 2.32. The zero-order valence-electron chi connectivity index (χ0n) is 21.5. The number of benzene rings is 3. The SMILES string of the molecule is CCOC(=O)c1ccc(N=C2SC(C(=O)Nc3cccc(C(=O)O)c3)CC(=O)N2CCc2ccc(Cl)cc2)cc1. The van der Waals surface area contributed by atoms with Gasteiger partial charge in [-0.1, -0.05) is 41.6 Å². The Morgan fingerprint density at radius 3 is 2.48 bits per heavy atom. The number of carboxylic acid groups (broad SMARTS) is 1. The van der Waals surface area contributed by atoms with E-state index in [-0.39, 0.29) is 24.5 Å². The third-order valence-electron chi connectivity index (χ3n) is 5.95. The number of rotatable bonds is 9. The Morgan fingerprint density at radius 2 is 1.80 bits per heavy atom. The molecule has 1 heterocycles. The van der Waals surface area contributed by atoms with Crippen molar-refractivity contribution < 1.29 is 29.0 Å². The number of esters is 1. The maximum absolute atomic E-state index is 13.3. The second-order valence-electron chi connectivity index (χ2n) is 8.77. The normalized spacial score (nSPS) is 16.1. The van der Waals surface area contributed by atoms with Crippen molar-refractivity contribution in [2.75, 3.05) is 18.5 Å². The van der Waals surface area contributed by atoms with Crippen LogP contribution in [0.15, 0.2) is 77.8 Å². The topological polar surface area (TPSA) is 125 Å². The van der Waals surface area contributed by atoms with E-state index >= 15 is 0 Å². The average molecular weight is 580 g/mol. The molecule has 0 radical (unpaired) electrons. The number of nitrogens with one attached hydrogen (secondary N) is 1. The number of hydrogen-bond acceptors (Lipinski definition) is 7. The van der Waals surface area contributed by atoms with E-state index in [0.717, 1.165) is 17.3 Å². The number of amidine groups is 1. The first-order valence-corrected chi connectivity index (χ1v) is 13.7. The first-order chi connectivity index (χ1) is 19.2. The fourth-order valence-corrected chi connectivity index (χ4v) is 5.15. The van der Waals surface area contributed by atoms with E-state index in [1.54, 1.807) is 54.3 Å². The van der Waals surface area contributed by atoms with Crippen LogP contribution >= 0.6 is 23.4 Å². The highest BCUT2D eigenvalue weighted by Crippen LogP contribution is 2.30. The average Bonchev–Trinajstić information content (AvgIpc) is 2.94.